The van der Waals surface area contributed by atoms with Crippen LogP contribution >= 0.6 is 0 Å². The Morgan fingerprint density at radius 2 is 2.03 bits per heavy atom. The number of carbonyl (C=O) groups is 3. The molecule has 0 aromatic rings. The molecule has 3 fully saturated rings. The number of cyclic esters (lactones) is 1. The summed E-state index contributed by atoms with van der Waals surface area (Å²) >= 11 is 0. The van der Waals surface area contributed by atoms with E-state index >= 15 is 0 Å². The number of aliphatic carboxylic acids is 1. The predicted octanol–water partition coefficient (Wildman–Crippen LogP) is 2.63. The van der Waals surface area contributed by atoms with E-state index in [1.54, 1.807) is 13.0 Å². The van der Waals surface area contributed by atoms with Gasteiger partial charge in [0.2, 0.25) is 0 Å². The maximum atomic E-state index is 12.1. The van der Waals surface area contributed by atoms with Crippen molar-refractivity contribution in [3.63, 3.8) is 0 Å². The number of esters is 2. The molecule has 0 spiro atoms. The van der Waals surface area contributed by atoms with Crippen molar-refractivity contribution in [2.24, 2.45) is 22.7 Å². The molecule has 1 heterocycles. The van der Waals surface area contributed by atoms with Crippen LogP contribution in [0.4, 0.5) is 0 Å². The summed E-state index contributed by atoms with van der Waals surface area (Å²) in [6, 6.07) is 0. The molecule has 7 heteroatoms. The molecule has 0 aromatic heterocycles. The molecule has 6 atom stereocenters. The van der Waals surface area contributed by atoms with Gasteiger partial charge in [-0.2, -0.15) is 0 Å². The molecule has 3 aliphatic rings. The van der Waals surface area contributed by atoms with Crippen LogP contribution in [0.1, 0.15) is 52.9 Å². The van der Waals surface area contributed by atoms with Gasteiger partial charge in [-0.15, -0.1) is 0 Å². The first-order valence-electron chi connectivity index (χ1n) is 10.1. The van der Waals surface area contributed by atoms with Crippen LogP contribution in [0.2, 0.25) is 0 Å². The van der Waals surface area contributed by atoms with Gasteiger partial charge in [0.1, 0.15) is 6.61 Å². The molecule has 160 valence electrons. The third-order valence-corrected chi connectivity index (χ3v) is 7.50. The number of allylic oxidation sites excluding steroid dienone is 2. The van der Waals surface area contributed by atoms with Gasteiger partial charge in [0.25, 0.3) is 0 Å². The highest BCUT2D eigenvalue weighted by molar-refractivity contribution is 5.92. The minimum absolute atomic E-state index is 0.0129. The molecular formula is C22H30O7. The van der Waals surface area contributed by atoms with Crippen LogP contribution in [-0.2, 0) is 23.9 Å². The number of carboxylic acids is 1. The van der Waals surface area contributed by atoms with Gasteiger partial charge in [-0.1, -0.05) is 25.2 Å². The quantitative estimate of drug-likeness (QED) is 0.419. The van der Waals surface area contributed by atoms with Gasteiger partial charge in [-0.3, -0.25) is 9.59 Å². The van der Waals surface area contributed by atoms with E-state index in [-0.39, 0.29) is 23.9 Å². The maximum Gasteiger partial charge on any atom is 0.337 e. The summed E-state index contributed by atoms with van der Waals surface area (Å²) in [6.45, 7) is 9.26. The summed E-state index contributed by atoms with van der Waals surface area (Å²) in [4.78, 5) is 35.5. The Balaban J connectivity index is 1.90. The molecule has 29 heavy (non-hydrogen) atoms. The number of aliphatic hydroxyl groups excluding tert-OH is 1. The number of hydrogen-bond acceptors (Lipinski definition) is 6. The highest BCUT2D eigenvalue weighted by Gasteiger charge is 2.61. The fraction of sp³-hybridized carbons (Fsp3) is 0.682. The molecule has 1 saturated heterocycles. The van der Waals surface area contributed by atoms with Crippen molar-refractivity contribution in [3.05, 3.63) is 23.8 Å². The highest BCUT2D eigenvalue weighted by atomic mass is 16.6. The van der Waals surface area contributed by atoms with E-state index in [4.69, 9.17) is 9.47 Å². The van der Waals surface area contributed by atoms with Gasteiger partial charge in [0.05, 0.1) is 17.1 Å². The fourth-order valence-corrected chi connectivity index (χ4v) is 5.80. The number of fused-ring (bicyclic) bond motifs is 1. The van der Waals surface area contributed by atoms with E-state index in [1.165, 1.54) is 6.92 Å². The Kier molecular flexibility index (Phi) is 5.64. The minimum atomic E-state index is -1.22. The van der Waals surface area contributed by atoms with Crippen LogP contribution in [0.15, 0.2) is 23.8 Å². The molecule has 1 aliphatic heterocycles. The van der Waals surface area contributed by atoms with Crippen LogP contribution in [-0.4, -0.2) is 46.9 Å². The second kappa shape index (κ2) is 7.59. The number of carbonyl (C=O) groups excluding carboxylic acids is 2. The van der Waals surface area contributed by atoms with Gasteiger partial charge >= 0.3 is 17.9 Å². The van der Waals surface area contributed by atoms with Crippen molar-refractivity contribution in [1.82, 2.24) is 0 Å². The Hall–Kier alpha value is -2.15. The largest absolute Gasteiger partial charge is 0.481 e. The van der Waals surface area contributed by atoms with Gasteiger partial charge in [0.15, 0.2) is 6.10 Å². The van der Waals surface area contributed by atoms with Crippen molar-refractivity contribution in [2.75, 3.05) is 6.61 Å². The first kappa shape index (κ1) is 21.6. The van der Waals surface area contributed by atoms with Gasteiger partial charge < -0.3 is 19.7 Å². The molecule has 2 N–H and O–H groups in total. The fourth-order valence-electron chi connectivity index (χ4n) is 5.80. The number of hydrogen-bond donors (Lipinski definition) is 2. The van der Waals surface area contributed by atoms with Crippen LogP contribution in [0.25, 0.3) is 0 Å². The molecule has 2 saturated carbocycles. The summed E-state index contributed by atoms with van der Waals surface area (Å²) in [6.07, 6.45) is 3.09. The second-order valence-corrected chi connectivity index (χ2v) is 9.04. The van der Waals surface area contributed by atoms with Crippen molar-refractivity contribution >= 4 is 17.9 Å². The monoisotopic (exact) mass is 406 g/mol. The molecule has 0 radical (unpaired) electrons. The average Bonchev–Trinajstić information content (AvgIpc) is 2.97. The normalized spacial score (nSPS) is 41.0. The summed E-state index contributed by atoms with van der Waals surface area (Å²) in [5, 5.41) is 20.5. The Morgan fingerprint density at radius 3 is 2.66 bits per heavy atom. The smallest absolute Gasteiger partial charge is 0.337 e. The summed E-state index contributed by atoms with van der Waals surface area (Å²) in [7, 11) is 0. The topological polar surface area (TPSA) is 110 Å². The van der Waals surface area contributed by atoms with Crippen molar-refractivity contribution < 1.29 is 34.1 Å². The number of rotatable bonds is 4. The van der Waals surface area contributed by atoms with Crippen molar-refractivity contribution in [2.45, 2.75) is 65.1 Å². The lowest BCUT2D eigenvalue weighted by atomic mass is 9.46. The Morgan fingerprint density at radius 1 is 1.34 bits per heavy atom. The predicted molar refractivity (Wildman–Crippen MR) is 104 cm³/mol. The number of ether oxygens (including phenoxy) is 2. The summed E-state index contributed by atoms with van der Waals surface area (Å²) < 4.78 is 10.2. The van der Waals surface area contributed by atoms with Crippen molar-refractivity contribution in [3.8, 4) is 0 Å². The zero-order valence-electron chi connectivity index (χ0n) is 17.3. The zero-order chi connectivity index (χ0) is 21.6. The molecule has 0 aromatic carbocycles. The van der Waals surface area contributed by atoms with Crippen LogP contribution in [0.5, 0.6) is 0 Å². The standard InChI is InChI=1S/C22H30O7/c1-12-5-8-17-21(3,10-9-18(24)22(17,4)20(26)27)15(12)7-6-14-16(29-13(2)23)11-28-19(14)25/h6,15-18,24H,1,5,7-11H2,2-4H3,(H,26,27)/b14-6+/t15-,16-,17+,18-,21+,22+/m1/s1. The SMILES string of the molecule is C=C1CC[C@H]2[C@@](C)(CC[C@@H](O)[C@@]2(C)C(=O)O)[C@@H]1C/C=C1/C(=O)OC[C@H]1OC(C)=O. The van der Waals surface area contributed by atoms with Gasteiger partial charge in [0, 0.05) is 6.92 Å². The maximum absolute atomic E-state index is 12.1. The number of carboxylic acid groups (broad SMARTS) is 1. The first-order chi connectivity index (χ1) is 13.5. The molecule has 0 amide bonds. The lowest BCUT2D eigenvalue weighted by Gasteiger charge is -2.58. The second-order valence-electron chi connectivity index (χ2n) is 9.04. The van der Waals surface area contributed by atoms with Gasteiger partial charge in [-0.25, -0.2) is 4.79 Å². The van der Waals surface area contributed by atoms with E-state index < -0.39 is 35.5 Å². The van der Waals surface area contributed by atoms with E-state index in [0.717, 1.165) is 5.57 Å². The van der Waals surface area contributed by atoms with E-state index in [0.29, 0.717) is 37.7 Å². The third-order valence-electron chi connectivity index (χ3n) is 7.50. The summed E-state index contributed by atoms with van der Waals surface area (Å²) in [5.74, 6) is -2.18. The molecule has 7 nitrogen and oxygen atoms in total. The Bertz CT molecular complexity index is 769. The highest BCUT2D eigenvalue weighted by Crippen LogP contribution is 2.61. The first-order valence-corrected chi connectivity index (χ1v) is 10.1. The number of aliphatic hydroxyl groups is 1. The summed E-state index contributed by atoms with van der Waals surface area (Å²) in [5.41, 5.74) is -0.222. The lowest BCUT2D eigenvalue weighted by Crippen LogP contribution is -2.59. The van der Waals surface area contributed by atoms with Gasteiger partial charge in [-0.05, 0) is 56.3 Å². The van der Waals surface area contributed by atoms with E-state index in [2.05, 4.69) is 13.5 Å². The molecule has 2 aliphatic carbocycles. The van der Waals surface area contributed by atoms with Crippen LogP contribution in [0.3, 0.4) is 0 Å². The Labute approximate surface area is 170 Å². The zero-order valence-corrected chi connectivity index (χ0v) is 17.3. The van der Waals surface area contributed by atoms with Crippen LogP contribution < -0.4 is 0 Å². The molecule has 0 bridgehead atoms. The molecule has 3 rings (SSSR count). The minimum Gasteiger partial charge on any atom is -0.481 e. The van der Waals surface area contributed by atoms with E-state index in [1.807, 2.05) is 0 Å². The third kappa shape index (κ3) is 3.50. The lowest BCUT2D eigenvalue weighted by molar-refractivity contribution is -0.182. The van der Waals surface area contributed by atoms with Crippen molar-refractivity contribution in [1.29, 1.82) is 0 Å². The molecular weight excluding hydrogens is 376 g/mol. The molecule has 0 unspecified atom stereocenters. The van der Waals surface area contributed by atoms with E-state index in [9.17, 15) is 24.6 Å². The van der Waals surface area contributed by atoms with Crippen LogP contribution in [0, 0.1) is 22.7 Å². The average molecular weight is 406 g/mol.